The van der Waals surface area contributed by atoms with Crippen LogP contribution in [-0.2, 0) is 0 Å². The molecule has 3 nitrogen and oxygen atoms in total. The van der Waals surface area contributed by atoms with E-state index >= 15 is 0 Å². The number of nitriles is 1. The second kappa shape index (κ2) is 4.52. The van der Waals surface area contributed by atoms with Crippen LogP contribution in [0.25, 0.3) is 0 Å². The summed E-state index contributed by atoms with van der Waals surface area (Å²) in [7, 11) is 0. The summed E-state index contributed by atoms with van der Waals surface area (Å²) in [6.07, 6.45) is 5.65. The van der Waals surface area contributed by atoms with Gasteiger partial charge in [0.1, 0.15) is 11.9 Å². The van der Waals surface area contributed by atoms with Crippen LogP contribution >= 0.6 is 0 Å². The van der Waals surface area contributed by atoms with Gasteiger partial charge in [-0.15, -0.1) is 0 Å². The van der Waals surface area contributed by atoms with Crippen LogP contribution in [0.5, 0.6) is 0 Å². The van der Waals surface area contributed by atoms with Crippen molar-refractivity contribution in [2.24, 2.45) is 5.92 Å². The van der Waals surface area contributed by atoms with Crippen LogP contribution in [0, 0.1) is 24.2 Å². The third-order valence-electron chi connectivity index (χ3n) is 3.04. The van der Waals surface area contributed by atoms with E-state index in [0.717, 1.165) is 17.3 Å². The summed E-state index contributed by atoms with van der Waals surface area (Å²) >= 11 is 0. The van der Waals surface area contributed by atoms with Gasteiger partial charge in [-0.3, -0.25) is 0 Å². The molecule has 1 aliphatic rings. The van der Waals surface area contributed by atoms with Crippen molar-refractivity contribution >= 4 is 5.82 Å². The highest BCUT2D eigenvalue weighted by atomic mass is 15.0. The van der Waals surface area contributed by atoms with E-state index in [1.165, 1.54) is 19.3 Å². The molecule has 1 aliphatic carbocycles. The predicted octanol–water partition coefficient (Wildman–Crippen LogP) is 2.86. The molecule has 1 aromatic rings. The van der Waals surface area contributed by atoms with Gasteiger partial charge in [-0.2, -0.15) is 5.26 Å². The predicted molar refractivity (Wildman–Crippen MR) is 64.1 cm³/mol. The fourth-order valence-corrected chi connectivity index (χ4v) is 1.95. The van der Waals surface area contributed by atoms with Crippen molar-refractivity contribution < 1.29 is 0 Å². The molecule has 0 bridgehead atoms. The first-order valence-corrected chi connectivity index (χ1v) is 5.83. The zero-order chi connectivity index (χ0) is 11.5. The largest absolute Gasteiger partial charge is 0.367 e. The van der Waals surface area contributed by atoms with Crippen LogP contribution in [0.2, 0.25) is 0 Å². The molecular weight excluding hydrogens is 198 g/mol. The summed E-state index contributed by atoms with van der Waals surface area (Å²) in [5.41, 5.74) is 1.66. The fraction of sp³-hybridized carbons (Fsp3) is 0.538. The number of pyridine rings is 1. The Kier molecular flexibility index (Phi) is 3.09. The van der Waals surface area contributed by atoms with E-state index in [-0.39, 0.29) is 0 Å². The minimum Gasteiger partial charge on any atom is -0.367 e. The standard InChI is InChI=1S/C13H17N3/c1-9-5-6-15-13(12(9)8-14)16-10(2)7-11-3-4-11/h5-6,10-11H,3-4,7H2,1-2H3,(H,15,16). The summed E-state index contributed by atoms with van der Waals surface area (Å²) < 4.78 is 0. The Balaban J connectivity index is 2.07. The quantitative estimate of drug-likeness (QED) is 0.840. The maximum absolute atomic E-state index is 9.08. The van der Waals surface area contributed by atoms with Crippen LogP contribution in [-0.4, -0.2) is 11.0 Å². The highest BCUT2D eigenvalue weighted by molar-refractivity contribution is 5.55. The lowest BCUT2D eigenvalue weighted by Gasteiger charge is -2.15. The molecule has 1 atom stereocenters. The van der Waals surface area contributed by atoms with Crippen molar-refractivity contribution in [1.82, 2.24) is 4.98 Å². The van der Waals surface area contributed by atoms with E-state index in [4.69, 9.17) is 5.26 Å². The number of hydrogen-bond acceptors (Lipinski definition) is 3. The maximum atomic E-state index is 9.08. The van der Waals surface area contributed by atoms with Gasteiger partial charge < -0.3 is 5.32 Å². The molecule has 3 heteroatoms. The lowest BCUT2D eigenvalue weighted by molar-refractivity contribution is 0.640. The Morgan fingerprint density at radius 2 is 2.38 bits per heavy atom. The molecule has 1 N–H and O–H groups in total. The van der Waals surface area contributed by atoms with Crippen LogP contribution in [0.4, 0.5) is 5.82 Å². The molecule has 2 rings (SSSR count). The van der Waals surface area contributed by atoms with Gasteiger partial charge in [0.15, 0.2) is 0 Å². The molecule has 1 heterocycles. The molecule has 0 saturated heterocycles. The number of rotatable bonds is 4. The number of nitrogens with zero attached hydrogens (tertiary/aromatic N) is 2. The van der Waals surface area contributed by atoms with Gasteiger partial charge in [0.05, 0.1) is 5.56 Å². The van der Waals surface area contributed by atoms with Gasteiger partial charge in [-0.05, 0) is 37.8 Å². The summed E-state index contributed by atoms with van der Waals surface area (Å²) in [6.45, 7) is 4.10. The zero-order valence-electron chi connectivity index (χ0n) is 9.83. The van der Waals surface area contributed by atoms with E-state index < -0.39 is 0 Å². The normalized spacial score (nSPS) is 16.6. The van der Waals surface area contributed by atoms with E-state index in [1.54, 1.807) is 6.20 Å². The minimum absolute atomic E-state index is 0.397. The molecule has 1 aromatic heterocycles. The van der Waals surface area contributed by atoms with E-state index in [2.05, 4.69) is 23.3 Å². The topological polar surface area (TPSA) is 48.7 Å². The highest BCUT2D eigenvalue weighted by Crippen LogP contribution is 2.34. The van der Waals surface area contributed by atoms with Crippen LogP contribution in [0.15, 0.2) is 12.3 Å². The molecule has 0 spiro atoms. The Bertz CT molecular complexity index is 416. The van der Waals surface area contributed by atoms with Crippen molar-refractivity contribution in [3.8, 4) is 6.07 Å². The maximum Gasteiger partial charge on any atom is 0.144 e. The molecule has 0 amide bonds. The van der Waals surface area contributed by atoms with Crippen molar-refractivity contribution in [1.29, 1.82) is 5.26 Å². The van der Waals surface area contributed by atoms with Gasteiger partial charge in [-0.25, -0.2) is 4.98 Å². The Hall–Kier alpha value is -1.56. The fourth-order valence-electron chi connectivity index (χ4n) is 1.95. The molecule has 1 saturated carbocycles. The molecule has 0 radical (unpaired) electrons. The number of hydrogen-bond donors (Lipinski definition) is 1. The summed E-state index contributed by atoms with van der Waals surface area (Å²) in [5, 5.41) is 12.4. The van der Waals surface area contributed by atoms with Crippen molar-refractivity contribution in [3.05, 3.63) is 23.4 Å². The van der Waals surface area contributed by atoms with Crippen LogP contribution in [0.1, 0.15) is 37.3 Å². The molecule has 0 aliphatic heterocycles. The Morgan fingerprint density at radius 3 is 3.00 bits per heavy atom. The Labute approximate surface area is 96.5 Å². The smallest absolute Gasteiger partial charge is 0.144 e. The van der Waals surface area contributed by atoms with Crippen molar-refractivity contribution in [2.45, 2.75) is 39.2 Å². The number of aromatic nitrogens is 1. The third-order valence-corrected chi connectivity index (χ3v) is 3.04. The molecule has 16 heavy (non-hydrogen) atoms. The van der Waals surface area contributed by atoms with E-state index in [0.29, 0.717) is 11.6 Å². The molecule has 0 aromatic carbocycles. The second-order valence-electron chi connectivity index (χ2n) is 4.69. The van der Waals surface area contributed by atoms with Gasteiger partial charge in [0.2, 0.25) is 0 Å². The summed E-state index contributed by atoms with van der Waals surface area (Å²) in [4.78, 5) is 4.24. The van der Waals surface area contributed by atoms with Crippen LogP contribution < -0.4 is 5.32 Å². The minimum atomic E-state index is 0.397. The van der Waals surface area contributed by atoms with Gasteiger partial charge in [-0.1, -0.05) is 12.8 Å². The third kappa shape index (κ3) is 2.52. The summed E-state index contributed by atoms with van der Waals surface area (Å²) in [6, 6.07) is 4.48. The Morgan fingerprint density at radius 1 is 1.62 bits per heavy atom. The van der Waals surface area contributed by atoms with Gasteiger partial charge >= 0.3 is 0 Å². The van der Waals surface area contributed by atoms with Gasteiger partial charge in [0.25, 0.3) is 0 Å². The first-order valence-electron chi connectivity index (χ1n) is 5.83. The average molecular weight is 215 g/mol. The number of aryl methyl sites for hydroxylation is 1. The molecule has 1 fully saturated rings. The molecular formula is C13H17N3. The molecule has 84 valence electrons. The van der Waals surface area contributed by atoms with Crippen LogP contribution in [0.3, 0.4) is 0 Å². The zero-order valence-corrected chi connectivity index (χ0v) is 9.83. The molecule has 1 unspecified atom stereocenters. The SMILES string of the molecule is Cc1ccnc(NC(C)CC2CC2)c1C#N. The van der Waals surface area contributed by atoms with Crippen molar-refractivity contribution in [3.63, 3.8) is 0 Å². The first kappa shape index (κ1) is 10.9. The van der Waals surface area contributed by atoms with Crippen molar-refractivity contribution in [2.75, 3.05) is 5.32 Å². The average Bonchev–Trinajstić information content (AvgIpc) is 3.02. The van der Waals surface area contributed by atoms with Gasteiger partial charge in [0, 0.05) is 12.2 Å². The lowest BCUT2D eigenvalue weighted by Crippen LogP contribution is -2.17. The lowest BCUT2D eigenvalue weighted by atomic mass is 10.1. The monoisotopic (exact) mass is 215 g/mol. The van der Waals surface area contributed by atoms with E-state index in [1.807, 2.05) is 13.0 Å². The number of anilines is 1. The first-order chi connectivity index (χ1) is 7.70. The van der Waals surface area contributed by atoms with E-state index in [9.17, 15) is 0 Å². The highest BCUT2D eigenvalue weighted by Gasteiger charge is 2.24. The second-order valence-corrected chi connectivity index (χ2v) is 4.69. The number of nitrogens with one attached hydrogen (secondary N) is 1. The summed E-state index contributed by atoms with van der Waals surface area (Å²) in [5.74, 6) is 1.62.